The maximum Gasteiger partial charge on any atom is 0.433 e. The summed E-state index contributed by atoms with van der Waals surface area (Å²) in [7, 11) is 1.79. The average Bonchev–Trinajstić information content (AvgIpc) is 3.67. The molecule has 11 nitrogen and oxygen atoms in total. The summed E-state index contributed by atoms with van der Waals surface area (Å²) < 4.78 is 48.9. The molecule has 46 heavy (non-hydrogen) atoms. The summed E-state index contributed by atoms with van der Waals surface area (Å²) in [6.07, 6.45) is 5.55. The number of nitrogens with one attached hydrogen (secondary N) is 1. The van der Waals surface area contributed by atoms with E-state index in [1.165, 1.54) is 6.33 Å². The molecule has 3 aromatic rings. The van der Waals surface area contributed by atoms with E-state index in [0.29, 0.717) is 75.5 Å². The summed E-state index contributed by atoms with van der Waals surface area (Å²) in [5.74, 6) is 0.658. The van der Waals surface area contributed by atoms with Crippen LogP contribution in [0.5, 0.6) is 5.88 Å². The Kier molecular flexibility index (Phi) is 9.00. The Balaban J connectivity index is 1.08. The van der Waals surface area contributed by atoms with Crippen LogP contribution in [-0.2, 0) is 18.3 Å². The molecule has 244 valence electrons. The zero-order valence-electron chi connectivity index (χ0n) is 25.7. The highest BCUT2D eigenvalue weighted by Crippen LogP contribution is 2.39. The van der Waals surface area contributed by atoms with Crippen molar-refractivity contribution in [1.29, 1.82) is 5.26 Å². The van der Waals surface area contributed by atoms with Gasteiger partial charge in [0.05, 0.1) is 30.5 Å². The van der Waals surface area contributed by atoms with Gasteiger partial charge in [0.2, 0.25) is 5.88 Å². The standard InChI is InChI=1S/C32H38F3N9O2/c1-3-26-29(38-20-39-30(26)37-2)22-14-40-44(16-22)31(9-10-36)18-43(19-31)23-4-6-25(7-5-23)46-28-13-21(12-27(41-28)32(33,34)35)15-42-11-8-24(45)17-42/h3,12-14,16,20,23-25,45H,1,4-9,11,15,17-19H2,2H3,(H,37,38,39)/t23?,24-,25?/m1/s1. The molecule has 0 aromatic carbocycles. The first-order valence-electron chi connectivity index (χ1n) is 15.6. The number of aliphatic hydroxyl groups excluding tert-OH is 1. The Morgan fingerprint density at radius 1 is 1.20 bits per heavy atom. The number of anilines is 1. The van der Waals surface area contributed by atoms with Gasteiger partial charge in [-0.15, -0.1) is 0 Å². The summed E-state index contributed by atoms with van der Waals surface area (Å²) in [5.41, 5.74) is 1.34. The number of nitriles is 1. The predicted molar refractivity (Wildman–Crippen MR) is 164 cm³/mol. The Labute approximate surface area is 265 Å². The van der Waals surface area contributed by atoms with Gasteiger partial charge in [-0.2, -0.15) is 23.5 Å². The first-order chi connectivity index (χ1) is 22.1. The van der Waals surface area contributed by atoms with Crippen LogP contribution in [0.3, 0.4) is 0 Å². The third-order valence-corrected chi connectivity index (χ3v) is 9.32. The van der Waals surface area contributed by atoms with Crippen LogP contribution in [0.25, 0.3) is 17.3 Å². The smallest absolute Gasteiger partial charge is 0.433 e. The highest BCUT2D eigenvalue weighted by atomic mass is 19.4. The third-order valence-electron chi connectivity index (χ3n) is 9.32. The lowest BCUT2D eigenvalue weighted by Gasteiger charge is -2.53. The minimum atomic E-state index is -4.59. The normalized spacial score (nSPS) is 23.4. The number of aliphatic hydroxyl groups is 1. The molecule has 2 N–H and O–H groups in total. The minimum Gasteiger partial charge on any atom is -0.474 e. The predicted octanol–water partition coefficient (Wildman–Crippen LogP) is 4.32. The molecular weight excluding hydrogens is 599 g/mol. The molecule has 1 aliphatic carbocycles. The zero-order valence-corrected chi connectivity index (χ0v) is 25.7. The number of hydrogen-bond donors (Lipinski definition) is 2. The van der Waals surface area contributed by atoms with E-state index in [2.05, 4.69) is 42.9 Å². The first kappa shape index (κ1) is 31.9. The number of pyridine rings is 1. The van der Waals surface area contributed by atoms with Crippen LogP contribution in [0, 0.1) is 11.3 Å². The van der Waals surface area contributed by atoms with Crippen LogP contribution in [-0.4, -0.2) is 91.1 Å². The van der Waals surface area contributed by atoms with Crippen LogP contribution in [0.1, 0.15) is 55.3 Å². The molecule has 0 unspecified atom stereocenters. The number of alkyl halides is 3. The highest BCUT2D eigenvalue weighted by Gasteiger charge is 2.48. The molecule has 2 aliphatic heterocycles. The maximum absolute atomic E-state index is 13.7. The fourth-order valence-corrected chi connectivity index (χ4v) is 6.94. The lowest BCUT2D eigenvalue weighted by molar-refractivity contribution is -0.141. The molecule has 0 radical (unpaired) electrons. The molecule has 14 heteroatoms. The van der Waals surface area contributed by atoms with Crippen molar-refractivity contribution in [3.63, 3.8) is 0 Å². The molecule has 5 heterocycles. The van der Waals surface area contributed by atoms with Crippen molar-refractivity contribution in [2.45, 2.75) is 75.0 Å². The number of hydrogen-bond acceptors (Lipinski definition) is 10. The molecule has 3 fully saturated rings. The molecule has 1 atom stereocenters. The summed E-state index contributed by atoms with van der Waals surface area (Å²) in [4.78, 5) is 16.8. The van der Waals surface area contributed by atoms with Crippen molar-refractivity contribution in [3.8, 4) is 23.2 Å². The number of β-amino-alcohol motifs (C(OH)–C–C–N with tert-alkyl or cyclic N) is 1. The van der Waals surface area contributed by atoms with Crippen molar-refractivity contribution in [2.24, 2.45) is 0 Å². The number of likely N-dealkylation sites (tertiary alicyclic amines) is 2. The Bertz CT molecular complexity index is 1590. The third kappa shape index (κ3) is 6.58. The maximum atomic E-state index is 13.7. The van der Waals surface area contributed by atoms with Gasteiger partial charge in [-0.25, -0.2) is 15.0 Å². The number of aromatic nitrogens is 5. The van der Waals surface area contributed by atoms with E-state index in [0.717, 1.165) is 30.0 Å². The van der Waals surface area contributed by atoms with Crippen molar-refractivity contribution >= 4 is 11.9 Å². The van der Waals surface area contributed by atoms with Crippen LogP contribution in [0.15, 0.2) is 37.4 Å². The second-order valence-electron chi connectivity index (χ2n) is 12.5. The van der Waals surface area contributed by atoms with Crippen LogP contribution in [0.4, 0.5) is 19.0 Å². The van der Waals surface area contributed by atoms with Crippen molar-refractivity contribution < 1.29 is 23.0 Å². The molecule has 2 saturated heterocycles. The molecule has 1 saturated carbocycles. The fourth-order valence-electron chi connectivity index (χ4n) is 6.94. The number of rotatable bonds is 10. The molecule has 0 bridgehead atoms. The van der Waals surface area contributed by atoms with Crippen molar-refractivity contribution in [3.05, 3.63) is 54.3 Å². The van der Waals surface area contributed by atoms with Gasteiger partial charge in [0.25, 0.3) is 0 Å². The number of ether oxygens (including phenoxy) is 1. The highest BCUT2D eigenvalue weighted by molar-refractivity contribution is 5.77. The fraction of sp³-hybridized carbons (Fsp3) is 0.531. The van der Waals surface area contributed by atoms with Gasteiger partial charge in [-0.1, -0.05) is 12.7 Å². The summed E-state index contributed by atoms with van der Waals surface area (Å²) in [6, 6.07) is 5.28. The summed E-state index contributed by atoms with van der Waals surface area (Å²) in [6.45, 7) is 6.61. The van der Waals surface area contributed by atoms with Gasteiger partial charge >= 0.3 is 6.18 Å². The SMILES string of the molecule is C=Cc1c(NC)ncnc1-c1cnn(C2(CC#N)CN(C3CCC(Oc4cc(CN5CC[C@@H](O)C5)cc(C(F)(F)F)n4)CC3)C2)c1. The average molecular weight is 638 g/mol. The van der Waals surface area contributed by atoms with Crippen molar-refractivity contribution in [2.75, 3.05) is 38.5 Å². The van der Waals surface area contributed by atoms with Crippen LogP contribution in [0.2, 0.25) is 0 Å². The molecule has 3 aliphatic rings. The minimum absolute atomic E-state index is 0.00960. The van der Waals surface area contributed by atoms with E-state index in [9.17, 15) is 23.5 Å². The van der Waals surface area contributed by atoms with Crippen molar-refractivity contribution in [1.82, 2.24) is 34.5 Å². The Hall–Kier alpha value is -4.06. The van der Waals surface area contributed by atoms with Crippen LogP contribution < -0.4 is 10.1 Å². The van der Waals surface area contributed by atoms with Gasteiger partial charge in [-0.3, -0.25) is 14.5 Å². The number of halogens is 3. The monoisotopic (exact) mass is 637 g/mol. The largest absolute Gasteiger partial charge is 0.474 e. The lowest BCUT2D eigenvalue weighted by Crippen LogP contribution is -2.65. The number of nitrogens with zero attached hydrogens (tertiary/aromatic N) is 8. The van der Waals surface area contributed by atoms with Gasteiger partial charge in [0.1, 0.15) is 29.5 Å². The lowest BCUT2D eigenvalue weighted by atomic mass is 9.82. The molecule has 0 amide bonds. The Morgan fingerprint density at radius 3 is 2.63 bits per heavy atom. The molecule has 6 rings (SSSR count). The van der Waals surface area contributed by atoms with E-state index in [4.69, 9.17) is 4.74 Å². The van der Waals surface area contributed by atoms with E-state index in [1.807, 2.05) is 15.8 Å². The van der Waals surface area contributed by atoms with Gasteiger partial charge in [-0.05, 0) is 43.7 Å². The second-order valence-corrected chi connectivity index (χ2v) is 12.5. The van der Waals surface area contributed by atoms with Gasteiger partial charge < -0.3 is 15.2 Å². The van der Waals surface area contributed by atoms with Crippen LogP contribution >= 0.6 is 0 Å². The molecular formula is C32H38F3N9O2. The zero-order chi connectivity index (χ0) is 32.5. The topological polar surface area (TPSA) is 128 Å². The summed E-state index contributed by atoms with van der Waals surface area (Å²) in [5, 5.41) is 27.2. The van der Waals surface area contributed by atoms with E-state index in [-0.39, 0.29) is 18.0 Å². The second kappa shape index (κ2) is 13.0. The molecule has 0 spiro atoms. The van der Waals surface area contributed by atoms with Gasteiger partial charge in [0, 0.05) is 69.2 Å². The van der Waals surface area contributed by atoms with E-state index in [1.54, 1.807) is 25.4 Å². The molecule has 3 aromatic heterocycles. The summed E-state index contributed by atoms with van der Waals surface area (Å²) >= 11 is 0. The first-order valence-corrected chi connectivity index (χ1v) is 15.6. The van der Waals surface area contributed by atoms with E-state index >= 15 is 0 Å². The quantitative estimate of drug-likeness (QED) is 0.332. The van der Waals surface area contributed by atoms with Gasteiger partial charge in [0.15, 0.2) is 0 Å². The van der Waals surface area contributed by atoms with E-state index < -0.39 is 23.5 Å². The Morgan fingerprint density at radius 2 is 1.98 bits per heavy atom.